The van der Waals surface area contributed by atoms with Crippen LogP contribution in [0.5, 0.6) is 0 Å². The van der Waals surface area contributed by atoms with E-state index < -0.39 is 11.0 Å². The van der Waals surface area contributed by atoms with E-state index in [1.165, 1.54) is 0 Å². The average molecular weight is 266 g/mol. The first-order valence-corrected chi connectivity index (χ1v) is 7.23. The van der Waals surface area contributed by atoms with Crippen LogP contribution in [0.2, 0.25) is 0 Å². The lowest BCUT2D eigenvalue weighted by molar-refractivity contribution is -0.181. The highest BCUT2D eigenvalue weighted by Crippen LogP contribution is 2.61. The molecule has 0 aromatic heterocycles. The third kappa shape index (κ3) is 1.58. The van der Waals surface area contributed by atoms with Crippen molar-refractivity contribution < 1.29 is 19.1 Å². The van der Waals surface area contributed by atoms with Crippen LogP contribution in [0.3, 0.4) is 0 Å². The molecule has 3 fully saturated rings. The Kier molecular flexibility index (Phi) is 2.55. The predicted octanol–water partition coefficient (Wildman–Crippen LogP) is 2.31. The molecule has 0 spiro atoms. The maximum Gasteiger partial charge on any atom is 0.311 e. The Labute approximate surface area is 113 Å². The second-order valence-corrected chi connectivity index (χ2v) is 7.11. The van der Waals surface area contributed by atoms with Gasteiger partial charge >= 0.3 is 11.9 Å². The topological polar surface area (TPSA) is 52.6 Å². The third-order valence-corrected chi connectivity index (χ3v) is 5.62. The largest absolute Gasteiger partial charge is 0.457 e. The number of hydrogen-bond donors (Lipinski definition) is 0. The molecule has 19 heavy (non-hydrogen) atoms. The summed E-state index contributed by atoms with van der Waals surface area (Å²) in [4.78, 5) is 24.1. The number of ether oxygens (including phenoxy) is 2. The Morgan fingerprint density at radius 1 is 1.47 bits per heavy atom. The Morgan fingerprint density at radius 2 is 2.16 bits per heavy atom. The minimum absolute atomic E-state index is 0.0455. The number of fused-ring (bicyclic) bond motifs is 1. The molecule has 0 N–H and O–H groups in total. The van der Waals surface area contributed by atoms with Crippen LogP contribution >= 0.6 is 0 Å². The molecule has 2 bridgehead atoms. The Balaban J connectivity index is 1.81. The van der Waals surface area contributed by atoms with Crippen LogP contribution < -0.4 is 0 Å². The first kappa shape index (κ1) is 12.9. The summed E-state index contributed by atoms with van der Waals surface area (Å²) in [6, 6.07) is 0. The molecule has 3 rings (SSSR count). The van der Waals surface area contributed by atoms with Crippen molar-refractivity contribution >= 4 is 11.9 Å². The summed E-state index contributed by atoms with van der Waals surface area (Å²) in [6.45, 7) is 7.71. The molecule has 1 aliphatic heterocycles. The summed E-state index contributed by atoms with van der Waals surface area (Å²) >= 11 is 0. The number of carbonyl (C=O) groups excluding carboxylic acids is 2. The van der Waals surface area contributed by atoms with Gasteiger partial charge in [0.2, 0.25) is 0 Å². The first-order valence-electron chi connectivity index (χ1n) is 7.23. The van der Waals surface area contributed by atoms with E-state index in [2.05, 4.69) is 0 Å². The van der Waals surface area contributed by atoms with Gasteiger partial charge in [-0.25, -0.2) is 0 Å². The minimum atomic E-state index is -0.579. The molecular weight excluding hydrogens is 244 g/mol. The molecule has 1 saturated heterocycles. The molecule has 0 radical (unpaired) electrons. The highest BCUT2D eigenvalue weighted by atomic mass is 16.6. The number of hydrogen-bond acceptors (Lipinski definition) is 4. The highest BCUT2D eigenvalue weighted by molar-refractivity contribution is 5.79. The smallest absolute Gasteiger partial charge is 0.311 e. The summed E-state index contributed by atoms with van der Waals surface area (Å²) < 4.78 is 11.3. The lowest BCUT2D eigenvalue weighted by atomic mass is 9.79. The summed E-state index contributed by atoms with van der Waals surface area (Å²) in [6.07, 6.45) is 2.27. The molecule has 0 aromatic rings. The van der Waals surface area contributed by atoms with Gasteiger partial charge in [0.1, 0.15) is 11.7 Å². The molecular formula is C15H22O4. The molecule has 1 heterocycles. The van der Waals surface area contributed by atoms with Crippen molar-refractivity contribution in [2.75, 3.05) is 0 Å². The van der Waals surface area contributed by atoms with Gasteiger partial charge in [0.15, 0.2) is 0 Å². The van der Waals surface area contributed by atoms with Crippen molar-refractivity contribution in [2.24, 2.45) is 23.2 Å². The minimum Gasteiger partial charge on any atom is -0.457 e. The molecule has 106 valence electrons. The summed E-state index contributed by atoms with van der Waals surface area (Å²) in [7, 11) is 0. The fraction of sp³-hybridized carbons (Fsp3) is 0.867. The molecule has 0 amide bonds. The van der Waals surface area contributed by atoms with Gasteiger partial charge in [0, 0.05) is 11.8 Å². The molecule has 2 aliphatic carbocycles. The van der Waals surface area contributed by atoms with Gasteiger partial charge in [-0.1, -0.05) is 6.92 Å². The summed E-state index contributed by atoms with van der Waals surface area (Å²) in [5.74, 6) is 0.316. The Hall–Kier alpha value is -1.06. The monoisotopic (exact) mass is 266 g/mol. The zero-order valence-corrected chi connectivity index (χ0v) is 12.1. The molecule has 0 aromatic carbocycles. The van der Waals surface area contributed by atoms with Crippen molar-refractivity contribution in [3.8, 4) is 0 Å². The van der Waals surface area contributed by atoms with E-state index in [1.807, 2.05) is 27.7 Å². The summed E-state index contributed by atoms with van der Waals surface area (Å²) in [5, 5.41) is 0. The molecule has 5 unspecified atom stereocenters. The molecule has 5 atom stereocenters. The van der Waals surface area contributed by atoms with Gasteiger partial charge in [-0.05, 0) is 40.0 Å². The number of esters is 2. The van der Waals surface area contributed by atoms with E-state index in [-0.39, 0.29) is 29.9 Å². The van der Waals surface area contributed by atoms with E-state index >= 15 is 0 Å². The first-order chi connectivity index (χ1) is 8.79. The normalized spacial score (nSPS) is 43.5. The van der Waals surface area contributed by atoms with Gasteiger partial charge in [-0.3, -0.25) is 9.59 Å². The number of rotatable bonds is 3. The SMILES string of the molecule is CCC(C)(C)C(=O)OC1C2CC3C(=O)OC1(C)C3C2. The van der Waals surface area contributed by atoms with Gasteiger partial charge in [-0.15, -0.1) is 0 Å². The van der Waals surface area contributed by atoms with Crippen molar-refractivity contribution in [1.29, 1.82) is 0 Å². The van der Waals surface area contributed by atoms with Crippen LogP contribution in [0.1, 0.15) is 47.0 Å². The van der Waals surface area contributed by atoms with Gasteiger partial charge in [0.05, 0.1) is 11.3 Å². The lowest BCUT2D eigenvalue weighted by Crippen LogP contribution is -2.47. The fourth-order valence-corrected chi connectivity index (χ4v) is 3.96. The third-order valence-electron chi connectivity index (χ3n) is 5.62. The standard InChI is InChI=1S/C15H22O4/c1-5-14(2,3)13(17)18-11-8-6-9-10(7-8)15(11,4)19-12(9)16/h8-11H,5-7H2,1-4H3. The Morgan fingerprint density at radius 3 is 2.79 bits per heavy atom. The lowest BCUT2D eigenvalue weighted by Gasteiger charge is -2.36. The molecule has 3 aliphatic rings. The molecule has 2 saturated carbocycles. The van der Waals surface area contributed by atoms with Crippen LogP contribution in [0.4, 0.5) is 0 Å². The van der Waals surface area contributed by atoms with Crippen LogP contribution in [0, 0.1) is 23.2 Å². The van der Waals surface area contributed by atoms with Crippen LogP contribution in [0.25, 0.3) is 0 Å². The second-order valence-electron chi connectivity index (χ2n) is 7.11. The quantitative estimate of drug-likeness (QED) is 0.736. The second kappa shape index (κ2) is 3.74. The zero-order chi connectivity index (χ0) is 14.0. The van der Waals surface area contributed by atoms with E-state index in [4.69, 9.17) is 9.47 Å². The molecule has 4 nitrogen and oxygen atoms in total. The van der Waals surface area contributed by atoms with Crippen molar-refractivity contribution in [3.05, 3.63) is 0 Å². The van der Waals surface area contributed by atoms with Crippen LogP contribution in [-0.2, 0) is 19.1 Å². The molecule has 4 heteroatoms. The average Bonchev–Trinajstić information content (AvgIpc) is 2.92. The van der Waals surface area contributed by atoms with Crippen LogP contribution in [0.15, 0.2) is 0 Å². The van der Waals surface area contributed by atoms with Crippen molar-refractivity contribution in [2.45, 2.75) is 58.7 Å². The van der Waals surface area contributed by atoms with E-state index in [1.54, 1.807) is 0 Å². The van der Waals surface area contributed by atoms with E-state index in [0.29, 0.717) is 5.92 Å². The van der Waals surface area contributed by atoms with Gasteiger partial charge in [-0.2, -0.15) is 0 Å². The van der Waals surface area contributed by atoms with E-state index in [9.17, 15) is 9.59 Å². The zero-order valence-electron chi connectivity index (χ0n) is 12.1. The maximum atomic E-state index is 12.3. The fourth-order valence-electron chi connectivity index (χ4n) is 3.96. The maximum absolute atomic E-state index is 12.3. The van der Waals surface area contributed by atoms with Gasteiger partial charge < -0.3 is 9.47 Å². The van der Waals surface area contributed by atoms with E-state index in [0.717, 1.165) is 19.3 Å². The van der Waals surface area contributed by atoms with Crippen molar-refractivity contribution in [3.63, 3.8) is 0 Å². The Bertz CT molecular complexity index is 441. The number of carbonyl (C=O) groups is 2. The summed E-state index contributed by atoms with van der Waals surface area (Å²) in [5.41, 5.74) is -1.05. The predicted molar refractivity (Wildman–Crippen MR) is 68.2 cm³/mol. The highest BCUT2D eigenvalue weighted by Gasteiger charge is 2.70. The van der Waals surface area contributed by atoms with Gasteiger partial charge in [0.25, 0.3) is 0 Å². The van der Waals surface area contributed by atoms with Crippen molar-refractivity contribution in [1.82, 2.24) is 0 Å². The van der Waals surface area contributed by atoms with Crippen LogP contribution in [-0.4, -0.2) is 23.6 Å².